The van der Waals surface area contributed by atoms with E-state index in [0.717, 1.165) is 5.56 Å². The third kappa shape index (κ3) is 4.93. The van der Waals surface area contributed by atoms with Crippen LogP contribution in [-0.2, 0) is 9.59 Å². The topological polar surface area (TPSA) is 81.4 Å². The van der Waals surface area contributed by atoms with Gasteiger partial charge in [-0.25, -0.2) is 0 Å². The molecule has 1 amide bonds. The molecule has 0 spiro atoms. The molecule has 0 radical (unpaired) electrons. The van der Waals surface area contributed by atoms with E-state index in [0.29, 0.717) is 13.0 Å². The lowest BCUT2D eigenvalue weighted by Crippen LogP contribution is -2.46. The number of carbonyl (C=O) groups excluding carboxylic acids is 1. The number of nitrogens with zero attached hydrogens (tertiary/aromatic N) is 2. The second kappa shape index (κ2) is 7.52. The Morgan fingerprint density at radius 1 is 1.24 bits per heavy atom. The van der Waals surface area contributed by atoms with Crippen molar-refractivity contribution in [1.82, 2.24) is 4.90 Å². The lowest BCUT2D eigenvalue weighted by Gasteiger charge is -2.36. The molecule has 1 aliphatic heterocycles. The monoisotopic (exact) mass is 340 g/mol. The fraction of sp³-hybridized carbons (Fsp3) is 0.450. The minimum absolute atomic E-state index is 0.0467. The van der Waals surface area contributed by atoms with Gasteiger partial charge in [-0.05, 0) is 17.4 Å². The van der Waals surface area contributed by atoms with Gasteiger partial charge in [-0.1, -0.05) is 57.2 Å². The number of aliphatic carboxylic acids is 1. The van der Waals surface area contributed by atoms with E-state index in [1.165, 1.54) is 4.90 Å². The van der Waals surface area contributed by atoms with Crippen molar-refractivity contribution in [1.29, 1.82) is 5.26 Å². The minimum atomic E-state index is -0.906. The van der Waals surface area contributed by atoms with Crippen LogP contribution in [0.2, 0.25) is 0 Å². The quantitative estimate of drug-likeness (QED) is 0.677. The third-order valence-electron chi connectivity index (χ3n) is 4.29. The Balaban J connectivity index is 2.29. The lowest BCUT2D eigenvalue weighted by molar-refractivity contribution is -0.145. The highest BCUT2D eigenvalue weighted by atomic mass is 16.4. The molecule has 1 N–H and O–H groups in total. The van der Waals surface area contributed by atoms with Crippen LogP contribution in [0, 0.1) is 22.7 Å². The molecule has 0 bridgehead atoms. The van der Waals surface area contributed by atoms with E-state index in [4.69, 9.17) is 0 Å². The van der Waals surface area contributed by atoms with Gasteiger partial charge in [0.05, 0.1) is 5.92 Å². The van der Waals surface area contributed by atoms with Gasteiger partial charge in [0.2, 0.25) is 0 Å². The predicted molar refractivity (Wildman–Crippen MR) is 94.7 cm³/mol. The maximum Gasteiger partial charge on any atom is 0.308 e. The van der Waals surface area contributed by atoms with Gasteiger partial charge >= 0.3 is 5.97 Å². The maximum absolute atomic E-state index is 12.8. The van der Waals surface area contributed by atoms with E-state index in [1.807, 2.05) is 57.2 Å². The fourth-order valence-corrected chi connectivity index (χ4v) is 3.16. The lowest BCUT2D eigenvalue weighted by atomic mass is 9.84. The van der Waals surface area contributed by atoms with Crippen LogP contribution in [0.3, 0.4) is 0 Å². The number of carboxylic acids is 1. The Hall–Kier alpha value is -2.61. The second-order valence-electron chi connectivity index (χ2n) is 7.62. The number of amides is 1. The van der Waals surface area contributed by atoms with E-state index in [1.54, 1.807) is 6.08 Å². The molecule has 1 fully saturated rings. The summed E-state index contributed by atoms with van der Waals surface area (Å²) < 4.78 is 0. The van der Waals surface area contributed by atoms with Crippen molar-refractivity contribution < 1.29 is 14.7 Å². The molecule has 5 heteroatoms. The van der Waals surface area contributed by atoms with Crippen LogP contribution in [0.5, 0.6) is 0 Å². The Morgan fingerprint density at radius 3 is 2.40 bits per heavy atom. The van der Waals surface area contributed by atoms with Gasteiger partial charge in [-0.3, -0.25) is 9.59 Å². The number of likely N-dealkylation sites (tertiary alicyclic amines) is 1. The first-order valence-corrected chi connectivity index (χ1v) is 8.41. The molecule has 0 saturated carbocycles. The number of hydrogen-bond acceptors (Lipinski definition) is 3. The predicted octanol–water partition coefficient (Wildman–Crippen LogP) is 3.20. The molecule has 1 aromatic carbocycles. The number of carbonyl (C=O) groups is 2. The van der Waals surface area contributed by atoms with Crippen molar-refractivity contribution in [3.8, 4) is 6.07 Å². The van der Waals surface area contributed by atoms with Crippen LogP contribution in [0.4, 0.5) is 0 Å². The van der Waals surface area contributed by atoms with Crippen molar-refractivity contribution >= 4 is 11.9 Å². The van der Waals surface area contributed by atoms with Crippen LogP contribution in [-0.4, -0.2) is 35.0 Å². The second-order valence-corrected chi connectivity index (χ2v) is 7.62. The van der Waals surface area contributed by atoms with Gasteiger partial charge in [0.25, 0.3) is 5.91 Å². The number of allylic oxidation sites excluding steroid dienone is 1. The van der Waals surface area contributed by atoms with Crippen LogP contribution in [0.1, 0.15) is 38.7 Å². The molecule has 0 aliphatic carbocycles. The molecule has 0 aromatic heterocycles. The fourth-order valence-electron chi connectivity index (χ4n) is 3.16. The minimum Gasteiger partial charge on any atom is -0.481 e. The summed E-state index contributed by atoms with van der Waals surface area (Å²) in [7, 11) is 0. The Morgan fingerprint density at radius 2 is 1.88 bits per heavy atom. The largest absolute Gasteiger partial charge is 0.481 e. The zero-order valence-electron chi connectivity index (χ0n) is 14.9. The number of benzene rings is 1. The maximum atomic E-state index is 12.8. The van der Waals surface area contributed by atoms with E-state index in [2.05, 4.69) is 0 Å². The summed E-state index contributed by atoms with van der Waals surface area (Å²) in [5.41, 5.74) is 0.788. The molecular weight excluding hydrogens is 316 g/mol. The third-order valence-corrected chi connectivity index (χ3v) is 4.29. The van der Waals surface area contributed by atoms with Gasteiger partial charge in [-0.15, -0.1) is 0 Å². The van der Waals surface area contributed by atoms with Crippen molar-refractivity contribution in [3.63, 3.8) is 0 Å². The number of hydrogen-bond donors (Lipinski definition) is 1. The molecule has 2 rings (SSSR count). The summed E-state index contributed by atoms with van der Waals surface area (Å²) in [4.78, 5) is 25.9. The van der Waals surface area contributed by atoms with Gasteiger partial charge in [0, 0.05) is 19.0 Å². The van der Waals surface area contributed by atoms with Crippen LogP contribution >= 0.6 is 0 Å². The molecule has 1 saturated heterocycles. The summed E-state index contributed by atoms with van der Waals surface area (Å²) in [6, 6.07) is 11.6. The van der Waals surface area contributed by atoms with E-state index in [9.17, 15) is 20.0 Å². The first kappa shape index (κ1) is 18.7. The van der Waals surface area contributed by atoms with Gasteiger partial charge in [0.1, 0.15) is 11.6 Å². The molecule has 2 unspecified atom stereocenters. The Kier molecular flexibility index (Phi) is 5.63. The van der Waals surface area contributed by atoms with Crippen LogP contribution in [0.15, 0.2) is 42.0 Å². The molecule has 25 heavy (non-hydrogen) atoms. The van der Waals surface area contributed by atoms with Crippen molar-refractivity contribution in [2.45, 2.75) is 33.1 Å². The molecule has 5 nitrogen and oxygen atoms in total. The molecular formula is C20H24N2O3. The van der Waals surface area contributed by atoms with Gasteiger partial charge in [-0.2, -0.15) is 5.26 Å². The summed E-state index contributed by atoms with van der Waals surface area (Å²) in [6.45, 7) is 6.32. The summed E-state index contributed by atoms with van der Waals surface area (Å²) in [5, 5.41) is 18.8. The summed E-state index contributed by atoms with van der Waals surface area (Å²) >= 11 is 0. The normalized spacial score (nSPS) is 21.5. The number of rotatable bonds is 3. The molecule has 132 valence electrons. The molecule has 1 aromatic rings. The smallest absolute Gasteiger partial charge is 0.308 e. The molecule has 1 aliphatic rings. The Labute approximate surface area is 148 Å². The highest BCUT2D eigenvalue weighted by Gasteiger charge is 2.35. The first-order valence-electron chi connectivity index (χ1n) is 8.41. The standard InChI is InChI=1S/C20H24N2O3/c1-20(2,3)10-17(11-21)18(23)22-12-15(9-16(13-22)19(24)25)14-7-5-4-6-8-14/h4-8,10,15-16H,9,12-13H2,1-3H3,(H,24,25)/b17-10-. The molecule has 1 heterocycles. The summed E-state index contributed by atoms with van der Waals surface area (Å²) in [6.07, 6.45) is 2.14. The number of nitriles is 1. The van der Waals surface area contributed by atoms with Crippen molar-refractivity contribution in [3.05, 3.63) is 47.5 Å². The number of carboxylic acid groups (broad SMARTS) is 1. The zero-order chi connectivity index (χ0) is 18.6. The molecule has 2 atom stereocenters. The average Bonchev–Trinajstić information content (AvgIpc) is 2.58. The zero-order valence-corrected chi connectivity index (χ0v) is 14.9. The van der Waals surface area contributed by atoms with E-state index < -0.39 is 11.9 Å². The van der Waals surface area contributed by atoms with Crippen molar-refractivity contribution in [2.24, 2.45) is 11.3 Å². The van der Waals surface area contributed by atoms with Gasteiger partial charge < -0.3 is 10.0 Å². The Bertz CT molecular complexity index is 711. The highest BCUT2D eigenvalue weighted by Crippen LogP contribution is 2.31. The van der Waals surface area contributed by atoms with Crippen molar-refractivity contribution in [2.75, 3.05) is 13.1 Å². The highest BCUT2D eigenvalue weighted by molar-refractivity contribution is 5.97. The van der Waals surface area contributed by atoms with E-state index in [-0.39, 0.29) is 29.4 Å². The van der Waals surface area contributed by atoms with E-state index >= 15 is 0 Å². The SMILES string of the molecule is CC(C)(C)/C=C(/C#N)C(=O)N1CC(C(=O)O)CC(c2ccccc2)C1. The van der Waals surface area contributed by atoms with Crippen LogP contribution < -0.4 is 0 Å². The van der Waals surface area contributed by atoms with Gasteiger partial charge in [0.15, 0.2) is 0 Å². The first-order chi connectivity index (χ1) is 11.7. The summed E-state index contributed by atoms with van der Waals surface area (Å²) in [5.74, 6) is -1.96. The average molecular weight is 340 g/mol. The number of piperidine rings is 1. The van der Waals surface area contributed by atoms with Crippen LogP contribution in [0.25, 0.3) is 0 Å².